The van der Waals surface area contributed by atoms with E-state index in [-0.39, 0.29) is 19.1 Å². The number of hydrogen-bond acceptors (Lipinski definition) is 2. The van der Waals surface area contributed by atoms with Crippen molar-refractivity contribution in [1.82, 2.24) is 4.90 Å². The molecule has 0 aromatic heterocycles. The molecule has 0 aromatic carbocycles. The van der Waals surface area contributed by atoms with Crippen molar-refractivity contribution in [1.29, 1.82) is 0 Å². The number of carbonyl (C=O) groups excluding carboxylic acids is 1. The van der Waals surface area contributed by atoms with E-state index in [1.165, 1.54) is 6.92 Å². The van der Waals surface area contributed by atoms with Crippen LogP contribution >= 0.6 is 0 Å². The van der Waals surface area contributed by atoms with Crippen LogP contribution in [0.1, 0.15) is 27.2 Å². The van der Waals surface area contributed by atoms with Gasteiger partial charge in [0.25, 0.3) is 5.92 Å². The Kier molecular flexibility index (Phi) is 2.97. The maximum absolute atomic E-state index is 13.0. The van der Waals surface area contributed by atoms with Crippen LogP contribution in [0, 0.1) is 0 Å². The summed E-state index contributed by atoms with van der Waals surface area (Å²) in [5.74, 6) is -2.78. The highest BCUT2D eigenvalue weighted by atomic mass is 19.3. The molecule has 0 radical (unpaired) electrons. The Morgan fingerprint density at radius 1 is 1.57 bits per heavy atom. The van der Waals surface area contributed by atoms with Crippen molar-refractivity contribution in [2.45, 2.75) is 45.3 Å². The molecule has 1 atom stereocenters. The number of halogens is 2. The molecule has 0 bridgehead atoms. The van der Waals surface area contributed by atoms with Gasteiger partial charge in [0.05, 0.1) is 12.1 Å². The fraction of sp³-hybridized carbons (Fsp3) is 0.889. The standard InChI is InChI=1S/C9H15F2NO2/c1-6(2)14-8(13)12-5-4-9(10,11)7(12)3/h6-7H,4-5H2,1-3H3. The molecule has 5 heteroatoms. The summed E-state index contributed by atoms with van der Waals surface area (Å²) >= 11 is 0. The van der Waals surface area contributed by atoms with E-state index in [1.807, 2.05) is 0 Å². The zero-order chi connectivity index (χ0) is 10.9. The quantitative estimate of drug-likeness (QED) is 0.660. The Morgan fingerprint density at radius 2 is 2.14 bits per heavy atom. The van der Waals surface area contributed by atoms with E-state index in [1.54, 1.807) is 13.8 Å². The third-order valence-corrected chi connectivity index (χ3v) is 2.34. The highest BCUT2D eigenvalue weighted by Gasteiger charge is 2.48. The van der Waals surface area contributed by atoms with Crippen LogP contribution in [0.25, 0.3) is 0 Å². The maximum atomic E-state index is 13.0. The summed E-state index contributed by atoms with van der Waals surface area (Å²) in [4.78, 5) is 12.4. The summed E-state index contributed by atoms with van der Waals surface area (Å²) in [6, 6.07) is -1.06. The van der Waals surface area contributed by atoms with Crippen molar-refractivity contribution >= 4 is 6.09 Å². The molecule has 1 aliphatic rings. The Morgan fingerprint density at radius 3 is 2.50 bits per heavy atom. The molecular weight excluding hydrogens is 192 g/mol. The number of nitrogens with zero attached hydrogens (tertiary/aromatic N) is 1. The topological polar surface area (TPSA) is 29.5 Å². The number of alkyl halides is 2. The first-order valence-electron chi connectivity index (χ1n) is 4.69. The average Bonchev–Trinajstić information content (AvgIpc) is 2.26. The summed E-state index contributed by atoms with van der Waals surface area (Å²) in [6.45, 7) is 4.79. The fourth-order valence-electron chi connectivity index (χ4n) is 1.42. The first-order valence-corrected chi connectivity index (χ1v) is 4.69. The monoisotopic (exact) mass is 207 g/mol. The molecule has 0 N–H and O–H groups in total. The summed E-state index contributed by atoms with van der Waals surface area (Å²) in [5.41, 5.74) is 0. The van der Waals surface area contributed by atoms with Gasteiger partial charge in [-0.05, 0) is 20.8 Å². The minimum atomic E-state index is -2.78. The van der Waals surface area contributed by atoms with Crippen molar-refractivity contribution in [3.05, 3.63) is 0 Å². The van der Waals surface area contributed by atoms with Crippen molar-refractivity contribution in [2.75, 3.05) is 6.54 Å². The van der Waals surface area contributed by atoms with Crippen LogP contribution < -0.4 is 0 Å². The molecule has 0 aliphatic carbocycles. The van der Waals surface area contributed by atoms with Gasteiger partial charge in [-0.1, -0.05) is 0 Å². The normalized spacial score (nSPS) is 25.6. The molecule has 0 spiro atoms. The second-order valence-electron chi connectivity index (χ2n) is 3.81. The van der Waals surface area contributed by atoms with Crippen LogP contribution in [0.5, 0.6) is 0 Å². The van der Waals surface area contributed by atoms with E-state index in [0.717, 1.165) is 4.90 Å². The van der Waals surface area contributed by atoms with Gasteiger partial charge in [0, 0.05) is 13.0 Å². The fourth-order valence-corrected chi connectivity index (χ4v) is 1.42. The second kappa shape index (κ2) is 3.71. The minimum absolute atomic E-state index is 0.0692. The van der Waals surface area contributed by atoms with E-state index in [9.17, 15) is 13.6 Å². The summed E-state index contributed by atoms with van der Waals surface area (Å²) in [5, 5.41) is 0. The number of amides is 1. The van der Waals surface area contributed by atoms with Crippen molar-refractivity contribution < 1.29 is 18.3 Å². The lowest BCUT2D eigenvalue weighted by Crippen LogP contribution is -2.41. The van der Waals surface area contributed by atoms with Gasteiger partial charge in [-0.15, -0.1) is 0 Å². The molecule has 1 heterocycles. The maximum Gasteiger partial charge on any atom is 0.410 e. The number of likely N-dealkylation sites (tertiary alicyclic amines) is 1. The predicted molar refractivity (Wildman–Crippen MR) is 47.3 cm³/mol. The third kappa shape index (κ3) is 2.13. The Bertz CT molecular complexity index is 231. The zero-order valence-corrected chi connectivity index (χ0v) is 8.59. The highest BCUT2D eigenvalue weighted by Crippen LogP contribution is 2.33. The van der Waals surface area contributed by atoms with Gasteiger partial charge in [0.2, 0.25) is 0 Å². The second-order valence-corrected chi connectivity index (χ2v) is 3.81. The lowest BCUT2D eigenvalue weighted by atomic mass is 10.2. The van der Waals surface area contributed by atoms with Gasteiger partial charge in [-0.3, -0.25) is 4.90 Å². The van der Waals surface area contributed by atoms with Gasteiger partial charge < -0.3 is 4.74 Å². The number of ether oxygens (including phenoxy) is 1. The molecule has 1 amide bonds. The van der Waals surface area contributed by atoms with Crippen LogP contribution in [-0.4, -0.2) is 35.6 Å². The van der Waals surface area contributed by atoms with E-state index >= 15 is 0 Å². The molecule has 0 aromatic rings. The molecular formula is C9H15F2NO2. The highest BCUT2D eigenvalue weighted by molar-refractivity contribution is 5.68. The molecule has 82 valence electrons. The van der Waals surface area contributed by atoms with Crippen molar-refractivity contribution in [3.63, 3.8) is 0 Å². The Balaban J connectivity index is 2.59. The number of carbonyl (C=O) groups is 1. The van der Waals surface area contributed by atoms with Crippen LogP contribution in [-0.2, 0) is 4.74 Å². The lowest BCUT2D eigenvalue weighted by molar-refractivity contribution is -0.0275. The van der Waals surface area contributed by atoms with E-state index < -0.39 is 18.1 Å². The van der Waals surface area contributed by atoms with Gasteiger partial charge in [0.1, 0.15) is 0 Å². The zero-order valence-electron chi connectivity index (χ0n) is 8.59. The Labute approximate surface area is 82.0 Å². The molecule has 1 rings (SSSR count). The molecule has 14 heavy (non-hydrogen) atoms. The van der Waals surface area contributed by atoms with Crippen LogP contribution in [0.2, 0.25) is 0 Å². The first-order chi connectivity index (χ1) is 6.34. The molecule has 0 saturated carbocycles. The number of hydrogen-bond donors (Lipinski definition) is 0. The van der Waals surface area contributed by atoms with Crippen LogP contribution in [0.3, 0.4) is 0 Å². The van der Waals surface area contributed by atoms with Gasteiger partial charge in [0.15, 0.2) is 0 Å². The molecule has 1 aliphatic heterocycles. The average molecular weight is 207 g/mol. The minimum Gasteiger partial charge on any atom is -0.447 e. The summed E-state index contributed by atoms with van der Waals surface area (Å²) in [6.07, 6.45) is -1.20. The molecule has 1 unspecified atom stereocenters. The summed E-state index contributed by atoms with van der Waals surface area (Å²) in [7, 11) is 0. The lowest BCUT2D eigenvalue weighted by Gasteiger charge is -2.24. The SMILES string of the molecule is CC(C)OC(=O)N1CCC(F)(F)C1C. The van der Waals surface area contributed by atoms with E-state index in [0.29, 0.717) is 0 Å². The van der Waals surface area contributed by atoms with Crippen molar-refractivity contribution in [3.8, 4) is 0 Å². The van der Waals surface area contributed by atoms with Gasteiger partial charge in [-0.25, -0.2) is 13.6 Å². The van der Waals surface area contributed by atoms with Crippen molar-refractivity contribution in [2.24, 2.45) is 0 Å². The molecule has 1 fully saturated rings. The first kappa shape index (κ1) is 11.2. The Hall–Kier alpha value is -0.870. The smallest absolute Gasteiger partial charge is 0.410 e. The largest absolute Gasteiger partial charge is 0.447 e. The van der Waals surface area contributed by atoms with Crippen LogP contribution in [0.4, 0.5) is 13.6 Å². The van der Waals surface area contributed by atoms with Crippen LogP contribution in [0.15, 0.2) is 0 Å². The van der Waals surface area contributed by atoms with E-state index in [2.05, 4.69) is 0 Å². The molecule has 3 nitrogen and oxygen atoms in total. The van der Waals surface area contributed by atoms with Gasteiger partial charge in [-0.2, -0.15) is 0 Å². The third-order valence-electron chi connectivity index (χ3n) is 2.34. The number of rotatable bonds is 1. The summed E-state index contributed by atoms with van der Waals surface area (Å²) < 4.78 is 30.9. The van der Waals surface area contributed by atoms with E-state index in [4.69, 9.17) is 4.74 Å². The van der Waals surface area contributed by atoms with Gasteiger partial charge >= 0.3 is 6.09 Å². The predicted octanol–water partition coefficient (Wildman–Crippen LogP) is 2.26. The molecule has 1 saturated heterocycles.